The number of hydrogen-bond acceptors (Lipinski definition) is 2. The zero-order valence-corrected chi connectivity index (χ0v) is 12.1. The third-order valence-electron chi connectivity index (χ3n) is 4.01. The lowest BCUT2D eigenvalue weighted by molar-refractivity contribution is -0.151. The average molecular weight is 243 g/mol. The van der Waals surface area contributed by atoms with Gasteiger partial charge in [0.2, 0.25) is 0 Å². The minimum absolute atomic E-state index is 0.308. The molecule has 2 atom stereocenters. The van der Waals surface area contributed by atoms with Crippen molar-refractivity contribution >= 4 is 5.97 Å². The highest BCUT2D eigenvalue weighted by Gasteiger charge is 2.38. The molecule has 0 aliphatic rings. The monoisotopic (exact) mass is 243 g/mol. The van der Waals surface area contributed by atoms with E-state index in [0.717, 1.165) is 25.7 Å². The Morgan fingerprint density at radius 2 is 1.88 bits per heavy atom. The molecule has 2 unspecified atom stereocenters. The van der Waals surface area contributed by atoms with Crippen molar-refractivity contribution < 1.29 is 9.90 Å². The Kier molecular flexibility index (Phi) is 7.44. The Morgan fingerprint density at radius 1 is 1.29 bits per heavy atom. The standard InChI is InChI=1S/C14H29NO2/c1-6-8-9-10-11-14(4,13(16)17)15(5)12(3)7-2/h12H,6-11H2,1-5H3,(H,16,17). The van der Waals surface area contributed by atoms with Crippen molar-refractivity contribution in [3.05, 3.63) is 0 Å². The van der Waals surface area contributed by atoms with E-state index in [4.69, 9.17) is 0 Å². The number of hydrogen-bond donors (Lipinski definition) is 1. The summed E-state index contributed by atoms with van der Waals surface area (Å²) in [6, 6.07) is 0.308. The predicted molar refractivity (Wildman–Crippen MR) is 72.3 cm³/mol. The molecule has 0 aliphatic heterocycles. The fourth-order valence-electron chi connectivity index (χ4n) is 2.09. The maximum atomic E-state index is 11.5. The Morgan fingerprint density at radius 3 is 2.29 bits per heavy atom. The van der Waals surface area contributed by atoms with Gasteiger partial charge in [-0.05, 0) is 33.7 Å². The first-order chi connectivity index (χ1) is 7.90. The molecule has 0 aromatic rings. The summed E-state index contributed by atoms with van der Waals surface area (Å²) in [7, 11) is 1.93. The van der Waals surface area contributed by atoms with E-state index in [0.29, 0.717) is 6.04 Å². The lowest BCUT2D eigenvalue weighted by Crippen LogP contribution is -2.53. The van der Waals surface area contributed by atoms with Crippen LogP contribution >= 0.6 is 0 Å². The van der Waals surface area contributed by atoms with Crippen molar-refractivity contribution in [1.29, 1.82) is 0 Å². The van der Waals surface area contributed by atoms with Crippen LogP contribution < -0.4 is 0 Å². The molecule has 0 rings (SSSR count). The number of likely N-dealkylation sites (N-methyl/N-ethyl adjacent to an activating group) is 1. The zero-order valence-electron chi connectivity index (χ0n) is 12.1. The van der Waals surface area contributed by atoms with Gasteiger partial charge in [0.1, 0.15) is 5.54 Å². The van der Waals surface area contributed by atoms with Crippen LogP contribution in [0.4, 0.5) is 0 Å². The second kappa shape index (κ2) is 7.70. The Bertz CT molecular complexity index is 230. The molecular weight excluding hydrogens is 214 g/mol. The minimum atomic E-state index is -0.719. The highest BCUT2D eigenvalue weighted by atomic mass is 16.4. The van der Waals surface area contributed by atoms with E-state index in [1.165, 1.54) is 12.8 Å². The van der Waals surface area contributed by atoms with Crippen LogP contribution in [0.15, 0.2) is 0 Å². The molecule has 0 aromatic carbocycles. The summed E-state index contributed by atoms with van der Waals surface area (Å²) < 4.78 is 0. The molecule has 0 heterocycles. The summed E-state index contributed by atoms with van der Waals surface area (Å²) >= 11 is 0. The van der Waals surface area contributed by atoms with Gasteiger partial charge in [-0.1, -0.05) is 39.5 Å². The highest BCUT2D eigenvalue weighted by molar-refractivity contribution is 5.78. The van der Waals surface area contributed by atoms with Gasteiger partial charge in [-0.15, -0.1) is 0 Å². The number of unbranched alkanes of at least 4 members (excludes halogenated alkanes) is 3. The maximum absolute atomic E-state index is 11.5. The fraction of sp³-hybridized carbons (Fsp3) is 0.929. The fourth-order valence-corrected chi connectivity index (χ4v) is 2.09. The van der Waals surface area contributed by atoms with Gasteiger partial charge in [-0.3, -0.25) is 9.69 Å². The smallest absolute Gasteiger partial charge is 0.323 e. The Balaban J connectivity index is 4.50. The van der Waals surface area contributed by atoms with E-state index in [9.17, 15) is 9.90 Å². The number of carboxylic acid groups (broad SMARTS) is 1. The van der Waals surface area contributed by atoms with Crippen molar-refractivity contribution in [3.8, 4) is 0 Å². The van der Waals surface area contributed by atoms with E-state index in [-0.39, 0.29) is 0 Å². The van der Waals surface area contributed by atoms with E-state index >= 15 is 0 Å². The van der Waals surface area contributed by atoms with Gasteiger partial charge < -0.3 is 5.11 Å². The molecule has 0 spiro atoms. The number of rotatable bonds is 9. The summed E-state index contributed by atoms with van der Waals surface area (Å²) in [6.45, 7) is 8.21. The zero-order chi connectivity index (χ0) is 13.5. The number of carboxylic acids is 1. The minimum Gasteiger partial charge on any atom is -0.480 e. The summed E-state index contributed by atoms with van der Waals surface area (Å²) in [4.78, 5) is 13.5. The summed E-state index contributed by atoms with van der Waals surface area (Å²) in [5.74, 6) is -0.697. The van der Waals surface area contributed by atoms with Gasteiger partial charge >= 0.3 is 5.97 Å². The van der Waals surface area contributed by atoms with Gasteiger partial charge in [-0.2, -0.15) is 0 Å². The molecule has 102 valence electrons. The molecular formula is C14H29NO2. The van der Waals surface area contributed by atoms with Crippen molar-refractivity contribution in [2.45, 2.75) is 77.8 Å². The van der Waals surface area contributed by atoms with Crippen LogP contribution in [-0.2, 0) is 4.79 Å². The molecule has 0 saturated heterocycles. The summed E-state index contributed by atoms with van der Waals surface area (Å²) in [6.07, 6.45) is 6.23. The molecule has 0 aliphatic carbocycles. The first kappa shape index (κ1) is 16.4. The Labute approximate surface area is 106 Å². The van der Waals surface area contributed by atoms with Gasteiger partial charge in [0.05, 0.1) is 0 Å². The molecule has 3 nitrogen and oxygen atoms in total. The van der Waals surface area contributed by atoms with Crippen LogP contribution in [-0.4, -0.2) is 34.6 Å². The summed E-state index contributed by atoms with van der Waals surface area (Å²) in [5.41, 5.74) is -0.719. The van der Waals surface area contributed by atoms with E-state index in [2.05, 4.69) is 20.8 Å². The van der Waals surface area contributed by atoms with E-state index in [1.807, 2.05) is 18.9 Å². The van der Waals surface area contributed by atoms with Gasteiger partial charge in [0.15, 0.2) is 0 Å². The van der Waals surface area contributed by atoms with Gasteiger partial charge in [-0.25, -0.2) is 0 Å². The van der Waals surface area contributed by atoms with E-state index in [1.54, 1.807) is 0 Å². The van der Waals surface area contributed by atoms with Crippen LogP contribution in [0.5, 0.6) is 0 Å². The third-order valence-corrected chi connectivity index (χ3v) is 4.01. The van der Waals surface area contributed by atoms with E-state index < -0.39 is 11.5 Å². The maximum Gasteiger partial charge on any atom is 0.323 e. The number of carbonyl (C=O) groups is 1. The topological polar surface area (TPSA) is 40.5 Å². The molecule has 0 radical (unpaired) electrons. The van der Waals surface area contributed by atoms with Crippen molar-refractivity contribution in [2.75, 3.05) is 7.05 Å². The van der Waals surface area contributed by atoms with Gasteiger partial charge in [0.25, 0.3) is 0 Å². The number of nitrogens with zero attached hydrogens (tertiary/aromatic N) is 1. The first-order valence-corrected chi connectivity index (χ1v) is 6.86. The van der Waals surface area contributed by atoms with Crippen molar-refractivity contribution in [3.63, 3.8) is 0 Å². The average Bonchev–Trinajstić information content (AvgIpc) is 2.32. The van der Waals surface area contributed by atoms with Crippen molar-refractivity contribution in [2.24, 2.45) is 0 Å². The molecule has 0 saturated carbocycles. The largest absolute Gasteiger partial charge is 0.480 e. The van der Waals surface area contributed by atoms with Crippen LogP contribution in [0.25, 0.3) is 0 Å². The molecule has 0 fully saturated rings. The third kappa shape index (κ3) is 4.66. The SMILES string of the molecule is CCCCCCC(C)(C(=O)O)N(C)C(C)CC. The van der Waals surface area contributed by atoms with Crippen LogP contribution in [0.2, 0.25) is 0 Å². The van der Waals surface area contributed by atoms with Gasteiger partial charge in [0, 0.05) is 6.04 Å². The Hall–Kier alpha value is -0.570. The second-order valence-corrected chi connectivity index (χ2v) is 5.26. The normalized spacial score (nSPS) is 16.8. The highest BCUT2D eigenvalue weighted by Crippen LogP contribution is 2.25. The molecule has 0 amide bonds. The number of aliphatic carboxylic acids is 1. The quantitative estimate of drug-likeness (QED) is 0.630. The summed E-state index contributed by atoms with van der Waals surface area (Å²) in [5, 5.41) is 9.46. The van der Waals surface area contributed by atoms with Crippen LogP contribution in [0.3, 0.4) is 0 Å². The molecule has 0 aromatic heterocycles. The predicted octanol–water partition coefficient (Wildman–Crippen LogP) is 3.53. The molecule has 0 bridgehead atoms. The molecule has 1 N–H and O–H groups in total. The first-order valence-electron chi connectivity index (χ1n) is 6.86. The molecule has 3 heteroatoms. The lowest BCUT2D eigenvalue weighted by Gasteiger charge is -2.39. The lowest BCUT2D eigenvalue weighted by atomic mass is 9.91. The van der Waals surface area contributed by atoms with Crippen molar-refractivity contribution in [1.82, 2.24) is 4.90 Å². The van der Waals surface area contributed by atoms with Crippen LogP contribution in [0.1, 0.15) is 66.2 Å². The van der Waals surface area contributed by atoms with Crippen LogP contribution in [0, 0.1) is 0 Å². The second-order valence-electron chi connectivity index (χ2n) is 5.26. The molecule has 17 heavy (non-hydrogen) atoms.